The van der Waals surface area contributed by atoms with Crippen LogP contribution < -0.4 is 5.73 Å². The van der Waals surface area contributed by atoms with Crippen molar-refractivity contribution in [2.24, 2.45) is 0 Å². The summed E-state index contributed by atoms with van der Waals surface area (Å²) >= 11 is 0. The Kier molecular flexibility index (Phi) is 2.28. The number of carbonyl (C=O) groups is 1. The normalized spacial score (nSPS) is 9.75. The quantitative estimate of drug-likeness (QED) is 0.650. The lowest BCUT2D eigenvalue weighted by Gasteiger charge is -1.99. The Morgan fingerprint density at radius 3 is 2.75 bits per heavy atom. The molecule has 4 heteroatoms. The number of nitrogens with two attached hydrogens (primary N) is 1. The molecule has 0 heterocycles. The van der Waals surface area contributed by atoms with Crippen LogP contribution in [0.3, 0.4) is 0 Å². The number of anilines is 1. The average molecular weight is 169 g/mol. The summed E-state index contributed by atoms with van der Waals surface area (Å²) in [5.74, 6) is -1.48. The van der Waals surface area contributed by atoms with E-state index in [9.17, 15) is 9.18 Å². The summed E-state index contributed by atoms with van der Waals surface area (Å²) in [4.78, 5) is 10.2. The first-order valence-electron chi connectivity index (χ1n) is 3.35. The van der Waals surface area contributed by atoms with Crippen LogP contribution in [0.4, 0.5) is 10.1 Å². The molecule has 3 N–H and O–H groups in total. The third-order valence-electron chi connectivity index (χ3n) is 1.42. The predicted octanol–water partition coefficient (Wildman–Crippen LogP) is 1.04. The lowest BCUT2D eigenvalue weighted by molar-refractivity contribution is -0.136. The van der Waals surface area contributed by atoms with Crippen LogP contribution in [0, 0.1) is 5.82 Å². The molecule has 0 radical (unpaired) electrons. The minimum atomic E-state index is -0.957. The van der Waals surface area contributed by atoms with Crippen molar-refractivity contribution in [3.05, 3.63) is 29.6 Å². The molecule has 0 fully saturated rings. The number of rotatable bonds is 2. The fourth-order valence-corrected chi connectivity index (χ4v) is 0.878. The van der Waals surface area contributed by atoms with Gasteiger partial charge in [-0.25, -0.2) is 4.39 Å². The SMILES string of the molecule is Nc1cc(CC(=O)O)ccc1F. The number of carboxylic acid groups (broad SMARTS) is 1. The molecule has 1 aromatic rings. The molecule has 12 heavy (non-hydrogen) atoms. The van der Waals surface area contributed by atoms with E-state index in [4.69, 9.17) is 10.8 Å². The largest absolute Gasteiger partial charge is 0.481 e. The minimum Gasteiger partial charge on any atom is -0.481 e. The zero-order valence-electron chi connectivity index (χ0n) is 6.25. The molecule has 1 rings (SSSR count). The maximum Gasteiger partial charge on any atom is 0.307 e. The van der Waals surface area contributed by atoms with E-state index in [1.807, 2.05) is 0 Å². The second kappa shape index (κ2) is 3.21. The van der Waals surface area contributed by atoms with Crippen molar-refractivity contribution < 1.29 is 14.3 Å². The van der Waals surface area contributed by atoms with Crippen molar-refractivity contribution >= 4 is 11.7 Å². The van der Waals surface area contributed by atoms with Crippen molar-refractivity contribution in [2.45, 2.75) is 6.42 Å². The van der Waals surface area contributed by atoms with Gasteiger partial charge in [0.25, 0.3) is 0 Å². The van der Waals surface area contributed by atoms with Gasteiger partial charge in [-0.15, -0.1) is 0 Å². The third-order valence-corrected chi connectivity index (χ3v) is 1.42. The maximum atomic E-state index is 12.6. The fourth-order valence-electron chi connectivity index (χ4n) is 0.878. The van der Waals surface area contributed by atoms with Crippen LogP contribution in [-0.4, -0.2) is 11.1 Å². The highest BCUT2D eigenvalue weighted by atomic mass is 19.1. The number of benzene rings is 1. The Bertz CT molecular complexity index is 312. The van der Waals surface area contributed by atoms with Gasteiger partial charge in [0, 0.05) is 0 Å². The molecule has 64 valence electrons. The van der Waals surface area contributed by atoms with Gasteiger partial charge in [-0.2, -0.15) is 0 Å². The van der Waals surface area contributed by atoms with Crippen LogP contribution in [0.15, 0.2) is 18.2 Å². The van der Waals surface area contributed by atoms with Crippen LogP contribution in [0.2, 0.25) is 0 Å². The second-order valence-corrected chi connectivity index (χ2v) is 2.43. The molecule has 1 aromatic carbocycles. The van der Waals surface area contributed by atoms with E-state index in [1.165, 1.54) is 12.1 Å². The number of hydrogen-bond acceptors (Lipinski definition) is 2. The highest BCUT2D eigenvalue weighted by molar-refractivity contribution is 5.70. The molecule has 3 nitrogen and oxygen atoms in total. The van der Waals surface area contributed by atoms with Crippen molar-refractivity contribution in [2.75, 3.05) is 5.73 Å². The summed E-state index contributed by atoms with van der Waals surface area (Å²) in [5, 5.41) is 8.39. The Labute approximate surface area is 68.6 Å². The van der Waals surface area contributed by atoms with Gasteiger partial charge in [0.2, 0.25) is 0 Å². The number of nitrogen functional groups attached to an aromatic ring is 1. The molecule has 0 aromatic heterocycles. The van der Waals surface area contributed by atoms with Crippen LogP contribution in [-0.2, 0) is 11.2 Å². The van der Waals surface area contributed by atoms with E-state index in [1.54, 1.807) is 0 Å². The fraction of sp³-hybridized carbons (Fsp3) is 0.125. The first kappa shape index (κ1) is 8.52. The minimum absolute atomic E-state index is 0.0197. The number of hydrogen-bond donors (Lipinski definition) is 2. The van der Waals surface area contributed by atoms with Crippen LogP contribution in [0.1, 0.15) is 5.56 Å². The van der Waals surface area contributed by atoms with Gasteiger partial charge < -0.3 is 10.8 Å². The Morgan fingerprint density at radius 1 is 1.58 bits per heavy atom. The summed E-state index contributed by atoms with van der Waals surface area (Å²) in [7, 11) is 0. The maximum absolute atomic E-state index is 12.6. The monoisotopic (exact) mass is 169 g/mol. The molecule has 0 saturated heterocycles. The Morgan fingerprint density at radius 2 is 2.25 bits per heavy atom. The van der Waals surface area contributed by atoms with Crippen molar-refractivity contribution in [3.8, 4) is 0 Å². The van der Waals surface area contributed by atoms with Crippen LogP contribution in [0.25, 0.3) is 0 Å². The first-order valence-corrected chi connectivity index (χ1v) is 3.35. The molecular formula is C8H8FNO2. The standard InChI is InChI=1S/C8H8FNO2/c9-6-2-1-5(3-7(6)10)4-8(11)12/h1-3H,4,10H2,(H,11,12). The number of aliphatic carboxylic acids is 1. The molecule has 0 atom stereocenters. The summed E-state index contributed by atoms with van der Waals surface area (Å²) in [6, 6.07) is 3.89. The van der Waals surface area contributed by atoms with Gasteiger partial charge in [-0.1, -0.05) is 6.07 Å². The van der Waals surface area contributed by atoms with Gasteiger partial charge in [0.1, 0.15) is 5.82 Å². The second-order valence-electron chi connectivity index (χ2n) is 2.43. The Hall–Kier alpha value is -1.58. The van der Waals surface area contributed by atoms with E-state index in [-0.39, 0.29) is 12.1 Å². The molecule has 0 aliphatic carbocycles. The van der Waals surface area contributed by atoms with Crippen LogP contribution >= 0.6 is 0 Å². The first-order chi connectivity index (χ1) is 5.59. The topological polar surface area (TPSA) is 63.3 Å². The number of halogens is 1. The van der Waals surface area contributed by atoms with E-state index in [2.05, 4.69) is 0 Å². The lowest BCUT2D eigenvalue weighted by Crippen LogP contribution is -2.01. The average Bonchev–Trinajstić information content (AvgIpc) is 1.96. The van der Waals surface area contributed by atoms with Crippen LogP contribution in [0.5, 0.6) is 0 Å². The molecule has 0 amide bonds. The summed E-state index contributed by atoms with van der Waals surface area (Å²) < 4.78 is 12.6. The summed E-state index contributed by atoms with van der Waals surface area (Å²) in [6.07, 6.45) is -0.134. The summed E-state index contributed by atoms with van der Waals surface area (Å²) in [6.45, 7) is 0. The van der Waals surface area contributed by atoms with Gasteiger partial charge in [-0.05, 0) is 17.7 Å². The summed E-state index contributed by atoms with van der Waals surface area (Å²) in [5.41, 5.74) is 5.71. The zero-order valence-corrected chi connectivity index (χ0v) is 6.25. The van der Waals surface area contributed by atoms with Crippen molar-refractivity contribution in [1.29, 1.82) is 0 Å². The van der Waals surface area contributed by atoms with Gasteiger partial charge in [0.15, 0.2) is 0 Å². The molecule has 0 saturated carbocycles. The molecule has 0 aliphatic rings. The molecule has 0 aliphatic heterocycles. The van der Waals surface area contributed by atoms with Crippen molar-refractivity contribution in [1.82, 2.24) is 0 Å². The predicted molar refractivity (Wildman–Crippen MR) is 42.2 cm³/mol. The Balaban J connectivity index is 2.89. The number of carboxylic acids is 1. The van der Waals surface area contributed by atoms with Gasteiger partial charge in [-0.3, -0.25) is 4.79 Å². The lowest BCUT2D eigenvalue weighted by atomic mass is 10.1. The molecule has 0 unspecified atom stereocenters. The highest BCUT2D eigenvalue weighted by Crippen LogP contribution is 2.12. The van der Waals surface area contributed by atoms with Crippen molar-refractivity contribution in [3.63, 3.8) is 0 Å². The van der Waals surface area contributed by atoms with E-state index >= 15 is 0 Å². The third kappa shape index (κ3) is 1.95. The van der Waals surface area contributed by atoms with Gasteiger partial charge >= 0.3 is 5.97 Å². The van der Waals surface area contributed by atoms with E-state index < -0.39 is 11.8 Å². The zero-order chi connectivity index (χ0) is 9.14. The van der Waals surface area contributed by atoms with Gasteiger partial charge in [0.05, 0.1) is 12.1 Å². The smallest absolute Gasteiger partial charge is 0.307 e. The van der Waals surface area contributed by atoms with E-state index in [0.717, 1.165) is 6.07 Å². The highest BCUT2D eigenvalue weighted by Gasteiger charge is 2.02. The van der Waals surface area contributed by atoms with E-state index in [0.29, 0.717) is 5.56 Å². The molecule has 0 spiro atoms. The molecular weight excluding hydrogens is 161 g/mol. The molecule has 0 bridgehead atoms.